The summed E-state index contributed by atoms with van der Waals surface area (Å²) >= 11 is 2.37. The zero-order valence-corrected chi connectivity index (χ0v) is 15.1. The third kappa shape index (κ3) is 4.04. The molecule has 2 heterocycles. The van der Waals surface area contributed by atoms with Gasteiger partial charge >= 0.3 is 0 Å². The van der Waals surface area contributed by atoms with Crippen LogP contribution in [0.25, 0.3) is 20.4 Å². The SMILES string of the molecule is NC(=O)c1nc2ccc([N+](=O)[O-])cc2s1.NC(=O)c1nc2ccccc2s1. The van der Waals surface area contributed by atoms with Crippen molar-refractivity contribution in [2.75, 3.05) is 0 Å². The molecule has 136 valence electrons. The molecular formula is C16H11N5O4S2. The number of nitrogens with zero attached hydrogens (tertiary/aromatic N) is 3. The minimum atomic E-state index is -0.626. The number of carbonyl (C=O) groups is 2. The number of benzene rings is 2. The van der Waals surface area contributed by atoms with Crippen LogP contribution in [0.5, 0.6) is 0 Å². The van der Waals surface area contributed by atoms with Crippen molar-refractivity contribution in [2.24, 2.45) is 11.5 Å². The summed E-state index contributed by atoms with van der Waals surface area (Å²) in [5.74, 6) is -1.09. The first-order valence-electron chi connectivity index (χ1n) is 7.35. The number of hydrogen-bond donors (Lipinski definition) is 2. The topological polar surface area (TPSA) is 155 Å². The van der Waals surface area contributed by atoms with Crippen LogP contribution in [0.4, 0.5) is 5.69 Å². The number of non-ortho nitro benzene ring substituents is 1. The summed E-state index contributed by atoms with van der Waals surface area (Å²) in [7, 11) is 0. The molecule has 0 atom stereocenters. The molecule has 2 aromatic heterocycles. The Morgan fingerprint density at radius 3 is 2.00 bits per heavy atom. The van der Waals surface area contributed by atoms with Crippen LogP contribution in [0, 0.1) is 10.1 Å². The maximum absolute atomic E-state index is 10.8. The fraction of sp³-hybridized carbons (Fsp3) is 0. The number of carbonyl (C=O) groups excluding carboxylic acids is 2. The molecule has 2 aromatic carbocycles. The number of primary amides is 2. The van der Waals surface area contributed by atoms with Crippen LogP contribution in [0.1, 0.15) is 19.6 Å². The Balaban J connectivity index is 0.000000159. The average Bonchev–Trinajstić information content (AvgIpc) is 3.25. The fourth-order valence-corrected chi connectivity index (χ4v) is 3.78. The van der Waals surface area contributed by atoms with Crippen molar-refractivity contribution in [1.82, 2.24) is 9.97 Å². The summed E-state index contributed by atoms with van der Waals surface area (Å²) in [6.45, 7) is 0. The second-order valence-electron chi connectivity index (χ2n) is 5.14. The van der Waals surface area contributed by atoms with Gasteiger partial charge in [0.2, 0.25) is 0 Å². The van der Waals surface area contributed by atoms with E-state index in [0.29, 0.717) is 15.2 Å². The van der Waals surface area contributed by atoms with Crippen molar-refractivity contribution >= 4 is 60.6 Å². The fourth-order valence-electron chi connectivity index (χ4n) is 2.11. The number of aromatic nitrogens is 2. The van der Waals surface area contributed by atoms with Gasteiger partial charge < -0.3 is 11.5 Å². The second-order valence-corrected chi connectivity index (χ2v) is 7.20. The van der Waals surface area contributed by atoms with E-state index in [-0.39, 0.29) is 10.7 Å². The van der Waals surface area contributed by atoms with Gasteiger partial charge in [0.05, 0.1) is 25.4 Å². The van der Waals surface area contributed by atoms with E-state index in [9.17, 15) is 19.7 Å². The molecule has 0 aliphatic rings. The number of nitrogens with two attached hydrogens (primary N) is 2. The highest BCUT2D eigenvalue weighted by molar-refractivity contribution is 7.20. The average molecular weight is 401 g/mol. The van der Waals surface area contributed by atoms with Crippen LogP contribution in [-0.4, -0.2) is 26.7 Å². The van der Waals surface area contributed by atoms with Crippen molar-refractivity contribution in [2.45, 2.75) is 0 Å². The number of rotatable bonds is 3. The van der Waals surface area contributed by atoms with Crippen molar-refractivity contribution in [3.63, 3.8) is 0 Å². The molecule has 4 N–H and O–H groups in total. The Morgan fingerprint density at radius 1 is 0.889 bits per heavy atom. The Kier molecular flexibility index (Phi) is 5.05. The lowest BCUT2D eigenvalue weighted by Gasteiger charge is -1.88. The first kappa shape index (κ1) is 18.4. The molecule has 9 nitrogen and oxygen atoms in total. The zero-order chi connectivity index (χ0) is 19.6. The third-order valence-electron chi connectivity index (χ3n) is 3.30. The highest BCUT2D eigenvalue weighted by Crippen LogP contribution is 2.26. The van der Waals surface area contributed by atoms with Gasteiger partial charge in [-0.05, 0) is 18.2 Å². The Labute approximate surface area is 159 Å². The predicted molar refractivity (Wildman–Crippen MR) is 103 cm³/mol. The number of hydrogen-bond acceptors (Lipinski definition) is 8. The molecule has 0 saturated carbocycles. The van der Waals surface area contributed by atoms with Gasteiger partial charge in [0.15, 0.2) is 10.0 Å². The Morgan fingerprint density at radius 2 is 1.44 bits per heavy atom. The number of nitro groups is 1. The number of fused-ring (bicyclic) bond motifs is 2. The van der Waals surface area contributed by atoms with E-state index < -0.39 is 16.7 Å². The zero-order valence-electron chi connectivity index (χ0n) is 13.5. The molecule has 2 amide bonds. The smallest absolute Gasteiger partial charge is 0.277 e. The van der Waals surface area contributed by atoms with Crippen LogP contribution in [-0.2, 0) is 0 Å². The third-order valence-corrected chi connectivity index (χ3v) is 5.38. The highest BCUT2D eigenvalue weighted by atomic mass is 32.1. The van der Waals surface area contributed by atoms with E-state index in [2.05, 4.69) is 9.97 Å². The predicted octanol–water partition coefficient (Wildman–Crippen LogP) is 2.70. The van der Waals surface area contributed by atoms with Gasteiger partial charge in [0.25, 0.3) is 17.5 Å². The summed E-state index contributed by atoms with van der Waals surface area (Å²) in [5.41, 5.74) is 11.5. The van der Waals surface area contributed by atoms with Crippen LogP contribution < -0.4 is 11.5 Å². The van der Waals surface area contributed by atoms with Crippen LogP contribution in [0.3, 0.4) is 0 Å². The van der Waals surface area contributed by atoms with Gasteiger partial charge in [-0.25, -0.2) is 9.97 Å². The largest absolute Gasteiger partial charge is 0.364 e. The number of thiazole rings is 2. The summed E-state index contributed by atoms with van der Waals surface area (Å²) in [6, 6.07) is 11.8. The van der Waals surface area contributed by atoms with Gasteiger partial charge in [-0.15, -0.1) is 22.7 Å². The Hall–Kier alpha value is -3.44. The number of amides is 2. The molecule has 0 aliphatic heterocycles. The quantitative estimate of drug-likeness (QED) is 0.397. The molecule has 27 heavy (non-hydrogen) atoms. The van der Waals surface area contributed by atoms with E-state index in [1.165, 1.54) is 29.5 Å². The maximum Gasteiger partial charge on any atom is 0.277 e. The van der Waals surface area contributed by atoms with Gasteiger partial charge in [-0.2, -0.15) is 0 Å². The van der Waals surface area contributed by atoms with E-state index in [1.807, 2.05) is 24.3 Å². The molecular weight excluding hydrogens is 390 g/mol. The molecule has 11 heteroatoms. The molecule has 0 bridgehead atoms. The van der Waals surface area contributed by atoms with Crippen molar-refractivity contribution < 1.29 is 14.5 Å². The van der Waals surface area contributed by atoms with Crippen molar-refractivity contribution in [3.8, 4) is 0 Å². The maximum atomic E-state index is 10.8. The van der Waals surface area contributed by atoms with Gasteiger partial charge in [0.1, 0.15) is 0 Å². The van der Waals surface area contributed by atoms with Crippen molar-refractivity contribution in [1.29, 1.82) is 0 Å². The normalized spacial score (nSPS) is 10.4. The lowest BCUT2D eigenvalue weighted by atomic mass is 10.3. The summed E-state index contributed by atoms with van der Waals surface area (Å²) in [6.07, 6.45) is 0. The minimum Gasteiger partial charge on any atom is -0.364 e. The summed E-state index contributed by atoms with van der Waals surface area (Å²) in [4.78, 5) is 39.5. The van der Waals surface area contributed by atoms with Gasteiger partial charge in [-0.1, -0.05) is 12.1 Å². The molecule has 4 aromatic rings. The molecule has 4 rings (SSSR count). The lowest BCUT2D eigenvalue weighted by Crippen LogP contribution is -2.09. The van der Waals surface area contributed by atoms with E-state index >= 15 is 0 Å². The molecule has 0 aliphatic carbocycles. The molecule has 0 unspecified atom stereocenters. The summed E-state index contributed by atoms with van der Waals surface area (Å²) < 4.78 is 1.57. The first-order valence-corrected chi connectivity index (χ1v) is 8.98. The minimum absolute atomic E-state index is 0.0258. The van der Waals surface area contributed by atoms with Crippen LogP contribution in [0.15, 0.2) is 42.5 Å². The van der Waals surface area contributed by atoms with Gasteiger partial charge in [0, 0.05) is 12.1 Å². The molecule has 0 fully saturated rings. The standard InChI is InChI=1S/C8H5N3O3S.C8H6N2OS/c9-7(12)8-10-5-2-1-4(11(13)14)3-6(5)15-8;9-7(11)8-10-5-3-1-2-4-6(5)12-8/h1-3H,(H2,9,12);1-4H,(H2,9,11). The second kappa shape index (κ2) is 7.43. The molecule has 0 radical (unpaired) electrons. The molecule has 0 saturated heterocycles. The van der Waals surface area contributed by atoms with E-state index in [0.717, 1.165) is 21.6 Å². The van der Waals surface area contributed by atoms with E-state index in [1.54, 1.807) is 0 Å². The van der Waals surface area contributed by atoms with Gasteiger partial charge in [-0.3, -0.25) is 19.7 Å². The number of para-hydroxylation sites is 1. The van der Waals surface area contributed by atoms with Crippen molar-refractivity contribution in [3.05, 3.63) is 62.6 Å². The monoisotopic (exact) mass is 401 g/mol. The van der Waals surface area contributed by atoms with E-state index in [4.69, 9.17) is 11.5 Å². The number of nitro benzene ring substituents is 1. The summed E-state index contributed by atoms with van der Waals surface area (Å²) in [5, 5.41) is 11.0. The van der Waals surface area contributed by atoms with Crippen LogP contribution in [0.2, 0.25) is 0 Å². The first-order chi connectivity index (χ1) is 12.8. The molecule has 0 spiro atoms. The lowest BCUT2D eigenvalue weighted by molar-refractivity contribution is -0.384. The highest BCUT2D eigenvalue weighted by Gasteiger charge is 2.12. The van der Waals surface area contributed by atoms with Crippen LogP contribution >= 0.6 is 22.7 Å². The Bertz CT molecular complexity index is 1140.